The first-order chi connectivity index (χ1) is 13.0. The molecule has 0 spiro atoms. The zero-order chi connectivity index (χ0) is 19.4. The Bertz CT molecular complexity index is 942. The predicted octanol–water partition coefficient (Wildman–Crippen LogP) is 5.05. The molecule has 1 amide bonds. The highest BCUT2D eigenvalue weighted by Crippen LogP contribution is 2.28. The van der Waals surface area contributed by atoms with Crippen molar-refractivity contribution in [2.45, 2.75) is 37.7 Å². The van der Waals surface area contributed by atoms with Gasteiger partial charge >= 0.3 is 0 Å². The van der Waals surface area contributed by atoms with Crippen molar-refractivity contribution in [1.29, 1.82) is 0 Å². The number of nitrogens with zero attached hydrogens (tertiary/aromatic N) is 3. The van der Waals surface area contributed by atoms with E-state index in [4.69, 9.17) is 11.6 Å². The van der Waals surface area contributed by atoms with Crippen LogP contribution in [0.2, 0.25) is 5.02 Å². The highest BCUT2D eigenvalue weighted by molar-refractivity contribution is 8.00. The van der Waals surface area contributed by atoms with Gasteiger partial charge in [-0.1, -0.05) is 59.8 Å². The van der Waals surface area contributed by atoms with Gasteiger partial charge in [-0.3, -0.25) is 4.79 Å². The normalized spacial score (nSPS) is 12.0. The van der Waals surface area contributed by atoms with Crippen molar-refractivity contribution in [3.8, 4) is 11.4 Å². The number of carbonyl (C=O) groups is 1. The van der Waals surface area contributed by atoms with Gasteiger partial charge in [0.1, 0.15) is 0 Å². The fourth-order valence-corrected chi connectivity index (χ4v) is 3.72. The Kier molecular flexibility index (Phi) is 6.19. The van der Waals surface area contributed by atoms with Crippen LogP contribution >= 0.6 is 23.4 Å². The summed E-state index contributed by atoms with van der Waals surface area (Å²) in [6.45, 7) is 6.56. The zero-order valence-corrected chi connectivity index (χ0v) is 17.0. The summed E-state index contributed by atoms with van der Waals surface area (Å²) in [4.78, 5) is 12.6. The molecule has 1 heterocycles. The third-order valence-electron chi connectivity index (χ3n) is 4.17. The third-order valence-corrected chi connectivity index (χ3v) is 5.49. The SMILES string of the molecule is CCn1c(S[C@H](C)C(=O)Nc2cc(Cl)ccc2C)nnc1-c1ccccc1. The molecule has 7 heteroatoms. The van der Waals surface area contributed by atoms with Gasteiger partial charge in [-0.2, -0.15) is 0 Å². The number of anilines is 1. The number of aromatic nitrogens is 3. The number of aryl methyl sites for hydroxylation is 1. The van der Waals surface area contributed by atoms with Crippen molar-refractivity contribution in [3.05, 3.63) is 59.1 Å². The van der Waals surface area contributed by atoms with Crippen LogP contribution in [-0.2, 0) is 11.3 Å². The molecule has 3 aromatic rings. The molecule has 2 aromatic carbocycles. The maximum Gasteiger partial charge on any atom is 0.237 e. The van der Waals surface area contributed by atoms with Crippen molar-refractivity contribution in [3.63, 3.8) is 0 Å². The highest BCUT2D eigenvalue weighted by atomic mass is 35.5. The molecule has 1 aromatic heterocycles. The van der Waals surface area contributed by atoms with E-state index in [9.17, 15) is 4.79 Å². The molecule has 0 saturated carbocycles. The number of thioether (sulfide) groups is 1. The maximum absolute atomic E-state index is 12.6. The average molecular weight is 401 g/mol. The summed E-state index contributed by atoms with van der Waals surface area (Å²) < 4.78 is 2.02. The fourth-order valence-electron chi connectivity index (χ4n) is 2.64. The van der Waals surface area contributed by atoms with Gasteiger partial charge in [-0.15, -0.1) is 10.2 Å². The van der Waals surface area contributed by atoms with E-state index >= 15 is 0 Å². The molecule has 0 saturated heterocycles. The van der Waals surface area contributed by atoms with Gasteiger partial charge in [0, 0.05) is 22.8 Å². The second-order valence-corrected chi connectivity index (χ2v) is 7.87. The highest BCUT2D eigenvalue weighted by Gasteiger charge is 2.20. The quantitative estimate of drug-likeness (QED) is 0.588. The summed E-state index contributed by atoms with van der Waals surface area (Å²) in [6, 6.07) is 15.4. The third kappa shape index (κ3) is 4.51. The minimum Gasteiger partial charge on any atom is -0.325 e. The monoisotopic (exact) mass is 400 g/mol. The van der Waals surface area contributed by atoms with Crippen molar-refractivity contribution < 1.29 is 4.79 Å². The van der Waals surface area contributed by atoms with Gasteiger partial charge in [0.05, 0.1) is 5.25 Å². The minimum absolute atomic E-state index is 0.0997. The predicted molar refractivity (Wildman–Crippen MR) is 111 cm³/mol. The van der Waals surface area contributed by atoms with Crippen molar-refractivity contribution in [2.24, 2.45) is 0 Å². The molecule has 27 heavy (non-hydrogen) atoms. The molecule has 1 N–H and O–H groups in total. The number of carbonyl (C=O) groups excluding carboxylic acids is 1. The second kappa shape index (κ2) is 8.59. The van der Waals surface area contributed by atoms with Crippen LogP contribution < -0.4 is 5.32 Å². The van der Waals surface area contributed by atoms with E-state index in [1.165, 1.54) is 11.8 Å². The molecule has 0 bridgehead atoms. The Hall–Kier alpha value is -2.31. The number of hydrogen-bond donors (Lipinski definition) is 1. The van der Waals surface area contributed by atoms with Gasteiger partial charge in [-0.05, 0) is 38.5 Å². The first-order valence-corrected chi connectivity index (χ1v) is 9.97. The molecule has 0 aliphatic carbocycles. The van der Waals surface area contributed by atoms with Gasteiger partial charge in [0.15, 0.2) is 11.0 Å². The summed E-state index contributed by atoms with van der Waals surface area (Å²) in [5.41, 5.74) is 2.69. The van der Waals surface area contributed by atoms with Crippen molar-refractivity contribution in [1.82, 2.24) is 14.8 Å². The lowest BCUT2D eigenvalue weighted by molar-refractivity contribution is -0.115. The van der Waals surface area contributed by atoms with Gasteiger partial charge in [-0.25, -0.2) is 0 Å². The van der Waals surface area contributed by atoms with E-state index in [2.05, 4.69) is 15.5 Å². The summed E-state index contributed by atoms with van der Waals surface area (Å²) >= 11 is 7.42. The molecule has 140 valence electrons. The molecule has 0 fully saturated rings. The largest absolute Gasteiger partial charge is 0.325 e. The molecule has 0 radical (unpaired) electrons. The fraction of sp³-hybridized carbons (Fsp3) is 0.250. The topological polar surface area (TPSA) is 59.8 Å². The smallest absolute Gasteiger partial charge is 0.237 e. The molecular formula is C20H21ClN4OS. The van der Waals surface area contributed by atoms with Crippen LogP contribution in [0, 0.1) is 6.92 Å². The van der Waals surface area contributed by atoms with Crippen LogP contribution in [0.25, 0.3) is 11.4 Å². The lowest BCUT2D eigenvalue weighted by Crippen LogP contribution is -2.23. The van der Waals surface area contributed by atoms with Crippen LogP contribution in [0.1, 0.15) is 19.4 Å². The molecule has 5 nitrogen and oxygen atoms in total. The molecule has 1 atom stereocenters. The number of amides is 1. The Morgan fingerprint density at radius 1 is 1.22 bits per heavy atom. The zero-order valence-electron chi connectivity index (χ0n) is 15.4. The van der Waals surface area contributed by atoms with E-state index in [1.807, 2.05) is 61.7 Å². The lowest BCUT2D eigenvalue weighted by Gasteiger charge is -2.14. The van der Waals surface area contributed by atoms with E-state index < -0.39 is 0 Å². The van der Waals surface area contributed by atoms with E-state index in [-0.39, 0.29) is 11.2 Å². The van der Waals surface area contributed by atoms with Crippen LogP contribution in [-0.4, -0.2) is 25.9 Å². The minimum atomic E-state index is -0.332. The number of nitrogens with one attached hydrogen (secondary N) is 1. The molecule has 0 unspecified atom stereocenters. The molecular weight excluding hydrogens is 380 g/mol. The first kappa shape index (κ1) is 19.5. The Morgan fingerprint density at radius 2 is 1.96 bits per heavy atom. The number of halogens is 1. The molecule has 0 aliphatic rings. The van der Waals surface area contributed by atoms with Crippen molar-refractivity contribution in [2.75, 3.05) is 5.32 Å². The van der Waals surface area contributed by atoms with Crippen molar-refractivity contribution >= 4 is 35.0 Å². The number of hydrogen-bond acceptors (Lipinski definition) is 4. The molecule has 3 rings (SSSR count). The second-order valence-electron chi connectivity index (χ2n) is 6.13. The first-order valence-electron chi connectivity index (χ1n) is 8.72. The van der Waals surface area contributed by atoms with Crippen LogP contribution in [0.15, 0.2) is 53.7 Å². The number of benzene rings is 2. The van der Waals surface area contributed by atoms with Crippen LogP contribution in [0.4, 0.5) is 5.69 Å². The Labute approximate surface area is 168 Å². The molecule has 0 aliphatic heterocycles. The van der Waals surface area contributed by atoms with E-state index in [0.717, 1.165) is 34.3 Å². The van der Waals surface area contributed by atoms with E-state index in [1.54, 1.807) is 12.1 Å². The summed E-state index contributed by atoms with van der Waals surface area (Å²) in [5.74, 6) is 0.705. The average Bonchev–Trinajstić information content (AvgIpc) is 3.07. The standard InChI is InChI=1S/C20H21ClN4OS/c1-4-25-18(15-8-6-5-7-9-15)23-24-20(25)27-14(3)19(26)22-17-12-16(21)11-10-13(17)2/h5-12,14H,4H2,1-3H3,(H,22,26)/t14-/m1/s1. The van der Waals surface area contributed by atoms with Crippen LogP contribution in [0.3, 0.4) is 0 Å². The summed E-state index contributed by atoms with van der Waals surface area (Å²) in [7, 11) is 0. The summed E-state index contributed by atoms with van der Waals surface area (Å²) in [5, 5.41) is 12.6. The van der Waals surface area contributed by atoms with Gasteiger partial charge < -0.3 is 9.88 Å². The Morgan fingerprint density at radius 3 is 2.67 bits per heavy atom. The number of rotatable bonds is 6. The Balaban J connectivity index is 1.76. The van der Waals surface area contributed by atoms with Gasteiger partial charge in [0.2, 0.25) is 5.91 Å². The maximum atomic E-state index is 12.6. The van der Waals surface area contributed by atoms with Gasteiger partial charge in [0.25, 0.3) is 0 Å². The summed E-state index contributed by atoms with van der Waals surface area (Å²) in [6.07, 6.45) is 0. The van der Waals surface area contributed by atoms with E-state index in [0.29, 0.717) is 5.02 Å². The lowest BCUT2D eigenvalue weighted by atomic mass is 10.2. The van der Waals surface area contributed by atoms with Crippen LogP contribution in [0.5, 0.6) is 0 Å².